The van der Waals surface area contributed by atoms with Crippen molar-refractivity contribution >= 4 is 21.6 Å². The number of ether oxygens (including phenoxy) is 2. The molecule has 0 unspecified atom stereocenters. The van der Waals surface area contributed by atoms with Crippen LogP contribution in [0.1, 0.15) is 0 Å². The molecule has 7 heteroatoms. The number of hydrogen-bond donors (Lipinski definition) is 1. The van der Waals surface area contributed by atoms with E-state index in [2.05, 4.69) is 4.72 Å². The zero-order chi connectivity index (χ0) is 15.6. The maximum atomic E-state index is 12.7. The van der Waals surface area contributed by atoms with Crippen LogP contribution in [0.15, 0.2) is 48.5 Å². The van der Waals surface area contributed by atoms with Crippen molar-refractivity contribution in [2.75, 3.05) is 29.3 Å². The number of methoxy groups -OCH3 is 1. The van der Waals surface area contributed by atoms with Gasteiger partial charge in [-0.1, -0.05) is 24.3 Å². The van der Waals surface area contributed by atoms with Gasteiger partial charge in [0.05, 0.1) is 25.0 Å². The third-order valence-corrected chi connectivity index (χ3v) is 4.76. The van der Waals surface area contributed by atoms with Gasteiger partial charge in [-0.05, 0) is 24.3 Å². The van der Waals surface area contributed by atoms with E-state index in [4.69, 9.17) is 9.47 Å². The SMILES string of the molecule is COc1ccccc1NS(=O)(=O)N1CCOc2ccccc21. The second-order valence-electron chi connectivity index (χ2n) is 4.70. The largest absolute Gasteiger partial charge is 0.495 e. The number of fused-ring (bicyclic) bond motifs is 1. The van der Waals surface area contributed by atoms with Gasteiger partial charge in [-0.3, -0.25) is 4.72 Å². The summed E-state index contributed by atoms with van der Waals surface area (Å²) < 4.78 is 39.9. The minimum atomic E-state index is -3.76. The van der Waals surface area contributed by atoms with Gasteiger partial charge >= 0.3 is 10.2 Å². The predicted molar refractivity (Wildman–Crippen MR) is 84.8 cm³/mol. The highest BCUT2D eigenvalue weighted by Crippen LogP contribution is 2.34. The molecule has 0 radical (unpaired) electrons. The molecule has 2 aromatic rings. The minimum absolute atomic E-state index is 0.251. The molecule has 0 aromatic heterocycles. The summed E-state index contributed by atoms with van der Waals surface area (Å²) in [5, 5.41) is 0. The van der Waals surface area contributed by atoms with Crippen LogP contribution in [0.5, 0.6) is 11.5 Å². The van der Waals surface area contributed by atoms with Gasteiger partial charge in [0.25, 0.3) is 0 Å². The molecule has 1 aliphatic rings. The van der Waals surface area contributed by atoms with Gasteiger partial charge in [0.15, 0.2) is 0 Å². The van der Waals surface area contributed by atoms with Crippen LogP contribution in [0.2, 0.25) is 0 Å². The van der Waals surface area contributed by atoms with Crippen molar-refractivity contribution in [3.63, 3.8) is 0 Å². The average molecular weight is 320 g/mol. The lowest BCUT2D eigenvalue weighted by molar-refractivity contribution is 0.316. The number of para-hydroxylation sites is 4. The van der Waals surface area contributed by atoms with E-state index in [0.29, 0.717) is 29.5 Å². The molecule has 0 fully saturated rings. The summed E-state index contributed by atoms with van der Waals surface area (Å²) in [6.45, 7) is 0.561. The van der Waals surface area contributed by atoms with Gasteiger partial charge in [0.1, 0.15) is 18.1 Å². The predicted octanol–water partition coefficient (Wildman–Crippen LogP) is 2.25. The normalized spacial score (nSPS) is 14.0. The molecule has 0 spiro atoms. The second kappa shape index (κ2) is 5.76. The standard InChI is InChI=1S/C15H16N2O4S/c1-20-14-8-4-2-6-12(14)16-22(18,19)17-10-11-21-15-9-5-3-7-13(15)17/h2-9,16H,10-11H2,1H3. The van der Waals surface area contributed by atoms with Crippen molar-refractivity contribution in [2.24, 2.45) is 0 Å². The summed E-state index contributed by atoms with van der Waals surface area (Å²) in [6, 6.07) is 13.9. The number of hydrogen-bond acceptors (Lipinski definition) is 4. The Labute approximate surface area is 129 Å². The average Bonchev–Trinajstić information content (AvgIpc) is 2.54. The molecule has 0 saturated carbocycles. The first-order valence-corrected chi connectivity index (χ1v) is 8.21. The van der Waals surface area contributed by atoms with Crippen molar-refractivity contribution in [1.82, 2.24) is 0 Å². The first kappa shape index (κ1) is 14.5. The molecule has 0 atom stereocenters. The smallest absolute Gasteiger partial charge is 0.324 e. The Morgan fingerprint density at radius 1 is 1.14 bits per heavy atom. The molecule has 116 valence electrons. The maximum Gasteiger partial charge on any atom is 0.324 e. The Bertz CT molecular complexity index is 777. The fourth-order valence-corrected chi connectivity index (χ4v) is 3.60. The topological polar surface area (TPSA) is 67.9 Å². The van der Waals surface area contributed by atoms with Gasteiger partial charge in [-0.25, -0.2) is 4.31 Å². The summed E-state index contributed by atoms with van der Waals surface area (Å²) in [5.41, 5.74) is 0.921. The lowest BCUT2D eigenvalue weighted by Gasteiger charge is -2.30. The van der Waals surface area contributed by atoms with Crippen LogP contribution in [-0.2, 0) is 10.2 Å². The molecule has 0 bridgehead atoms. The summed E-state index contributed by atoms with van der Waals surface area (Å²) in [4.78, 5) is 0. The summed E-state index contributed by atoms with van der Waals surface area (Å²) in [6.07, 6.45) is 0. The Balaban J connectivity index is 1.94. The first-order valence-electron chi connectivity index (χ1n) is 6.77. The molecule has 1 N–H and O–H groups in total. The van der Waals surface area contributed by atoms with E-state index in [0.717, 1.165) is 0 Å². The molecule has 1 heterocycles. The molecule has 2 aromatic carbocycles. The van der Waals surface area contributed by atoms with Crippen LogP contribution in [0.4, 0.5) is 11.4 Å². The van der Waals surface area contributed by atoms with Crippen LogP contribution in [0, 0.1) is 0 Å². The third kappa shape index (κ3) is 2.67. The molecular formula is C15H16N2O4S. The van der Waals surface area contributed by atoms with Crippen LogP contribution in [0.3, 0.4) is 0 Å². The first-order chi connectivity index (χ1) is 10.6. The molecular weight excluding hydrogens is 304 g/mol. The monoisotopic (exact) mass is 320 g/mol. The molecule has 22 heavy (non-hydrogen) atoms. The maximum absolute atomic E-state index is 12.7. The van der Waals surface area contributed by atoms with E-state index in [1.807, 2.05) is 6.07 Å². The van der Waals surface area contributed by atoms with Gasteiger partial charge < -0.3 is 9.47 Å². The van der Waals surface area contributed by atoms with Crippen LogP contribution in [-0.4, -0.2) is 28.7 Å². The summed E-state index contributed by atoms with van der Waals surface area (Å²) in [5.74, 6) is 1.02. The molecule has 0 saturated heterocycles. The molecule has 1 aliphatic heterocycles. The molecule has 0 amide bonds. The van der Waals surface area contributed by atoms with Crippen LogP contribution < -0.4 is 18.5 Å². The lowest BCUT2D eigenvalue weighted by Crippen LogP contribution is -2.41. The molecule has 3 rings (SSSR count). The number of anilines is 2. The fourth-order valence-electron chi connectivity index (χ4n) is 2.32. The van der Waals surface area contributed by atoms with Crippen molar-refractivity contribution < 1.29 is 17.9 Å². The van der Waals surface area contributed by atoms with E-state index < -0.39 is 10.2 Å². The van der Waals surface area contributed by atoms with Gasteiger partial charge in [0, 0.05) is 0 Å². The van der Waals surface area contributed by atoms with E-state index in [-0.39, 0.29) is 6.54 Å². The highest BCUT2D eigenvalue weighted by molar-refractivity contribution is 7.94. The highest BCUT2D eigenvalue weighted by Gasteiger charge is 2.28. The van der Waals surface area contributed by atoms with E-state index in [1.165, 1.54) is 11.4 Å². The van der Waals surface area contributed by atoms with E-state index >= 15 is 0 Å². The summed E-state index contributed by atoms with van der Waals surface area (Å²) in [7, 11) is -2.26. The van der Waals surface area contributed by atoms with Crippen LogP contribution >= 0.6 is 0 Å². The number of nitrogens with zero attached hydrogens (tertiary/aromatic N) is 1. The van der Waals surface area contributed by atoms with Crippen molar-refractivity contribution in [3.8, 4) is 11.5 Å². The zero-order valence-electron chi connectivity index (χ0n) is 12.0. The lowest BCUT2D eigenvalue weighted by atomic mass is 10.2. The summed E-state index contributed by atoms with van der Waals surface area (Å²) >= 11 is 0. The van der Waals surface area contributed by atoms with Gasteiger partial charge in [-0.15, -0.1) is 0 Å². The van der Waals surface area contributed by atoms with Crippen molar-refractivity contribution in [1.29, 1.82) is 0 Å². The Morgan fingerprint density at radius 3 is 2.68 bits per heavy atom. The molecule has 6 nitrogen and oxygen atoms in total. The Kier molecular flexibility index (Phi) is 3.81. The highest BCUT2D eigenvalue weighted by atomic mass is 32.2. The van der Waals surface area contributed by atoms with Crippen molar-refractivity contribution in [3.05, 3.63) is 48.5 Å². The minimum Gasteiger partial charge on any atom is -0.495 e. The second-order valence-corrected chi connectivity index (χ2v) is 6.29. The van der Waals surface area contributed by atoms with Gasteiger partial charge in [0.2, 0.25) is 0 Å². The third-order valence-electron chi connectivity index (χ3n) is 3.32. The number of benzene rings is 2. The molecule has 0 aliphatic carbocycles. The quantitative estimate of drug-likeness (QED) is 0.938. The van der Waals surface area contributed by atoms with E-state index in [1.54, 1.807) is 42.5 Å². The van der Waals surface area contributed by atoms with Crippen LogP contribution in [0.25, 0.3) is 0 Å². The fraction of sp³-hybridized carbons (Fsp3) is 0.200. The van der Waals surface area contributed by atoms with Gasteiger partial charge in [-0.2, -0.15) is 8.42 Å². The number of nitrogens with one attached hydrogen (secondary N) is 1. The Morgan fingerprint density at radius 2 is 1.86 bits per heavy atom. The van der Waals surface area contributed by atoms with Crippen molar-refractivity contribution in [2.45, 2.75) is 0 Å². The Hall–Kier alpha value is -2.41. The van der Waals surface area contributed by atoms with E-state index in [9.17, 15) is 8.42 Å². The number of rotatable bonds is 4. The zero-order valence-corrected chi connectivity index (χ0v) is 12.8.